The zero-order chi connectivity index (χ0) is 12.4. The standard InChI is InChI=1S/C14H20N2O/c1-10-5-4-6-13(9-17)14(10)16-7-11(2)15-12(3)8-16/h4-6,9,11-12,15H,7-8H2,1-3H3/t11-,12+. The number of anilines is 1. The molecule has 92 valence electrons. The Balaban J connectivity index is 2.35. The van der Waals surface area contributed by atoms with Crippen molar-refractivity contribution >= 4 is 12.0 Å². The van der Waals surface area contributed by atoms with Crippen LogP contribution in [0.5, 0.6) is 0 Å². The quantitative estimate of drug-likeness (QED) is 0.791. The molecule has 1 N–H and O–H groups in total. The van der Waals surface area contributed by atoms with Crippen LogP contribution in [0.3, 0.4) is 0 Å². The second kappa shape index (κ2) is 4.88. The molecule has 0 aliphatic carbocycles. The van der Waals surface area contributed by atoms with Gasteiger partial charge in [-0.3, -0.25) is 4.79 Å². The van der Waals surface area contributed by atoms with Crippen molar-refractivity contribution in [3.63, 3.8) is 0 Å². The minimum Gasteiger partial charge on any atom is -0.368 e. The number of piperazine rings is 1. The normalized spacial score (nSPS) is 24.8. The van der Waals surface area contributed by atoms with Crippen molar-refractivity contribution in [2.45, 2.75) is 32.9 Å². The van der Waals surface area contributed by atoms with E-state index in [0.717, 1.165) is 30.6 Å². The number of benzene rings is 1. The zero-order valence-electron chi connectivity index (χ0n) is 10.7. The van der Waals surface area contributed by atoms with Gasteiger partial charge in [0.15, 0.2) is 6.29 Å². The number of aryl methyl sites for hydroxylation is 1. The van der Waals surface area contributed by atoms with E-state index < -0.39 is 0 Å². The Hall–Kier alpha value is -1.35. The molecular formula is C14H20N2O. The van der Waals surface area contributed by atoms with Crippen molar-refractivity contribution in [2.24, 2.45) is 0 Å². The lowest BCUT2D eigenvalue weighted by Gasteiger charge is -2.39. The minimum absolute atomic E-state index is 0.456. The number of carbonyl (C=O) groups excluding carboxylic acids is 1. The fraction of sp³-hybridized carbons (Fsp3) is 0.500. The van der Waals surface area contributed by atoms with E-state index in [-0.39, 0.29) is 0 Å². The molecule has 1 aliphatic rings. The molecule has 0 radical (unpaired) electrons. The average molecular weight is 232 g/mol. The van der Waals surface area contributed by atoms with Crippen LogP contribution >= 0.6 is 0 Å². The third-order valence-corrected chi connectivity index (χ3v) is 3.27. The summed E-state index contributed by atoms with van der Waals surface area (Å²) in [5, 5.41) is 3.51. The van der Waals surface area contributed by atoms with Gasteiger partial charge in [-0.2, -0.15) is 0 Å². The van der Waals surface area contributed by atoms with Crippen molar-refractivity contribution < 1.29 is 4.79 Å². The maximum absolute atomic E-state index is 11.1. The molecule has 0 spiro atoms. The molecule has 0 aromatic heterocycles. The third-order valence-electron chi connectivity index (χ3n) is 3.27. The van der Waals surface area contributed by atoms with Crippen LogP contribution in [-0.4, -0.2) is 31.5 Å². The van der Waals surface area contributed by atoms with Crippen LogP contribution < -0.4 is 10.2 Å². The molecule has 1 aromatic carbocycles. The van der Waals surface area contributed by atoms with E-state index in [1.54, 1.807) is 0 Å². The Kier molecular flexibility index (Phi) is 3.48. The van der Waals surface area contributed by atoms with Gasteiger partial charge in [0, 0.05) is 30.7 Å². The maximum atomic E-state index is 11.1. The molecule has 1 aliphatic heterocycles. The largest absolute Gasteiger partial charge is 0.368 e. The van der Waals surface area contributed by atoms with Gasteiger partial charge in [0.2, 0.25) is 0 Å². The van der Waals surface area contributed by atoms with Crippen LogP contribution in [-0.2, 0) is 0 Å². The number of hydrogen-bond donors (Lipinski definition) is 1. The summed E-state index contributed by atoms with van der Waals surface area (Å²) in [5.74, 6) is 0. The number of carbonyl (C=O) groups is 1. The maximum Gasteiger partial charge on any atom is 0.152 e. The van der Waals surface area contributed by atoms with Crippen LogP contribution in [0.15, 0.2) is 18.2 Å². The van der Waals surface area contributed by atoms with Crippen molar-refractivity contribution in [1.82, 2.24) is 5.32 Å². The predicted molar refractivity (Wildman–Crippen MR) is 70.8 cm³/mol. The Morgan fingerprint density at radius 2 is 1.94 bits per heavy atom. The molecule has 1 aromatic rings. The van der Waals surface area contributed by atoms with Crippen LogP contribution in [0.1, 0.15) is 29.8 Å². The lowest BCUT2D eigenvalue weighted by Crippen LogP contribution is -2.54. The molecule has 17 heavy (non-hydrogen) atoms. The van der Waals surface area contributed by atoms with Crippen molar-refractivity contribution in [3.05, 3.63) is 29.3 Å². The van der Waals surface area contributed by atoms with E-state index >= 15 is 0 Å². The monoisotopic (exact) mass is 232 g/mol. The van der Waals surface area contributed by atoms with Gasteiger partial charge < -0.3 is 10.2 Å². The van der Waals surface area contributed by atoms with E-state index in [9.17, 15) is 4.79 Å². The molecule has 0 saturated carbocycles. The summed E-state index contributed by atoms with van der Waals surface area (Å²) < 4.78 is 0. The average Bonchev–Trinajstić information content (AvgIpc) is 2.27. The number of hydrogen-bond acceptors (Lipinski definition) is 3. The molecule has 3 heteroatoms. The lowest BCUT2D eigenvalue weighted by atomic mass is 10.0. The number of rotatable bonds is 2. The highest BCUT2D eigenvalue weighted by atomic mass is 16.1. The van der Waals surface area contributed by atoms with E-state index in [0.29, 0.717) is 12.1 Å². The summed E-state index contributed by atoms with van der Waals surface area (Å²) >= 11 is 0. The molecule has 0 bridgehead atoms. The van der Waals surface area contributed by atoms with E-state index in [1.807, 2.05) is 12.1 Å². The Morgan fingerprint density at radius 1 is 1.29 bits per heavy atom. The van der Waals surface area contributed by atoms with Crippen LogP contribution in [0.25, 0.3) is 0 Å². The number of nitrogens with one attached hydrogen (secondary N) is 1. The van der Waals surface area contributed by atoms with Gasteiger partial charge in [0.05, 0.1) is 5.69 Å². The SMILES string of the molecule is Cc1cccc(C=O)c1N1C[C@@H](C)N[C@@H](C)C1. The first-order valence-corrected chi connectivity index (χ1v) is 6.17. The van der Waals surface area contributed by atoms with E-state index in [4.69, 9.17) is 0 Å². The van der Waals surface area contributed by atoms with Gasteiger partial charge in [-0.25, -0.2) is 0 Å². The summed E-state index contributed by atoms with van der Waals surface area (Å²) in [4.78, 5) is 13.5. The number of nitrogens with zero attached hydrogens (tertiary/aromatic N) is 1. The predicted octanol–water partition coefficient (Wildman–Crippen LogP) is 1.99. The Morgan fingerprint density at radius 3 is 2.53 bits per heavy atom. The summed E-state index contributed by atoms with van der Waals surface area (Å²) in [6, 6.07) is 6.82. The molecule has 0 amide bonds. The van der Waals surface area contributed by atoms with Gasteiger partial charge in [-0.15, -0.1) is 0 Å². The first-order valence-electron chi connectivity index (χ1n) is 6.17. The van der Waals surface area contributed by atoms with Gasteiger partial charge >= 0.3 is 0 Å². The van der Waals surface area contributed by atoms with Gasteiger partial charge in [-0.05, 0) is 32.4 Å². The molecule has 2 atom stereocenters. The van der Waals surface area contributed by atoms with Gasteiger partial charge in [0.1, 0.15) is 0 Å². The fourth-order valence-electron chi connectivity index (χ4n) is 2.72. The Bertz CT molecular complexity index is 407. The highest BCUT2D eigenvalue weighted by Crippen LogP contribution is 2.25. The molecule has 3 nitrogen and oxygen atoms in total. The van der Waals surface area contributed by atoms with Crippen molar-refractivity contribution in [3.8, 4) is 0 Å². The molecular weight excluding hydrogens is 212 g/mol. The molecule has 1 fully saturated rings. The second-order valence-electron chi connectivity index (χ2n) is 5.00. The minimum atomic E-state index is 0.456. The van der Waals surface area contributed by atoms with Gasteiger partial charge in [-0.1, -0.05) is 12.1 Å². The highest BCUT2D eigenvalue weighted by molar-refractivity contribution is 5.86. The Labute approximate surface area is 103 Å². The first-order chi connectivity index (χ1) is 8.11. The fourth-order valence-corrected chi connectivity index (χ4v) is 2.72. The first kappa shape index (κ1) is 12.1. The summed E-state index contributed by atoms with van der Waals surface area (Å²) in [6.07, 6.45) is 0.958. The topological polar surface area (TPSA) is 32.3 Å². The zero-order valence-corrected chi connectivity index (χ0v) is 10.7. The van der Waals surface area contributed by atoms with Crippen LogP contribution in [0.2, 0.25) is 0 Å². The van der Waals surface area contributed by atoms with E-state index in [1.165, 1.54) is 5.56 Å². The summed E-state index contributed by atoms with van der Waals surface area (Å²) in [6.45, 7) is 8.34. The van der Waals surface area contributed by atoms with Crippen molar-refractivity contribution in [2.75, 3.05) is 18.0 Å². The lowest BCUT2D eigenvalue weighted by molar-refractivity contribution is 0.112. The molecule has 0 unspecified atom stereocenters. The summed E-state index contributed by atoms with van der Waals surface area (Å²) in [5.41, 5.74) is 3.07. The summed E-state index contributed by atoms with van der Waals surface area (Å²) in [7, 11) is 0. The van der Waals surface area contributed by atoms with E-state index in [2.05, 4.69) is 37.1 Å². The highest BCUT2D eigenvalue weighted by Gasteiger charge is 2.23. The van der Waals surface area contributed by atoms with Crippen LogP contribution in [0, 0.1) is 6.92 Å². The number of aldehydes is 1. The molecule has 2 rings (SSSR count). The number of para-hydroxylation sites is 1. The smallest absolute Gasteiger partial charge is 0.152 e. The molecule has 1 saturated heterocycles. The van der Waals surface area contributed by atoms with Gasteiger partial charge in [0.25, 0.3) is 0 Å². The van der Waals surface area contributed by atoms with Crippen molar-refractivity contribution in [1.29, 1.82) is 0 Å². The molecule has 1 heterocycles. The second-order valence-corrected chi connectivity index (χ2v) is 5.00. The third kappa shape index (κ3) is 2.50. The van der Waals surface area contributed by atoms with Crippen LogP contribution in [0.4, 0.5) is 5.69 Å².